The van der Waals surface area contributed by atoms with Crippen molar-refractivity contribution in [2.75, 3.05) is 7.05 Å². The van der Waals surface area contributed by atoms with Crippen LogP contribution in [0, 0.1) is 0 Å². The van der Waals surface area contributed by atoms with E-state index in [0.29, 0.717) is 6.04 Å². The topological polar surface area (TPSA) is 24.9 Å². The minimum Gasteiger partial charge on any atom is -0.313 e. The standard InChI is InChI=1S/C11H16N2/c1-3-4-5-11(12-2)10-6-8-13-9-7-10/h3,6-9,11-12H,1,4-5H2,2H3. The molecular formula is C11H16N2. The molecule has 0 saturated carbocycles. The van der Waals surface area contributed by atoms with Gasteiger partial charge in [0.25, 0.3) is 0 Å². The van der Waals surface area contributed by atoms with Crippen LogP contribution in [0.3, 0.4) is 0 Å². The number of allylic oxidation sites excluding steroid dienone is 1. The number of nitrogens with one attached hydrogen (secondary N) is 1. The number of rotatable bonds is 5. The zero-order valence-corrected chi connectivity index (χ0v) is 8.03. The third-order valence-corrected chi connectivity index (χ3v) is 2.12. The summed E-state index contributed by atoms with van der Waals surface area (Å²) in [6.45, 7) is 3.72. The molecule has 0 amide bonds. The van der Waals surface area contributed by atoms with Gasteiger partial charge in [-0.2, -0.15) is 0 Å². The highest BCUT2D eigenvalue weighted by Crippen LogP contribution is 2.16. The van der Waals surface area contributed by atoms with Crippen LogP contribution < -0.4 is 5.32 Å². The van der Waals surface area contributed by atoms with Gasteiger partial charge in [-0.3, -0.25) is 4.98 Å². The summed E-state index contributed by atoms with van der Waals surface area (Å²) in [6.07, 6.45) is 7.73. The second kappa shape index (κ2) is 5.49. The normalized spacial score (nSPS) is 12.4. The molecule has 0 aliphatic carbocycles. The quantitative estimate of drug-likeness (QED) is 0.696. The van der Waals surface area contributed by atoms with Gasteiger partial charge in [0, 0.05) is 18.4 Å². The molecule has 1 aromatic heterocycles. The van der Waals surface area contributed by atoms with E-state index in [-0.39, 0.29) is 0 Å². The number of hydrogen-bond donors (Lipinski definition) is 1. The van der Waals surface area contributed by atoms with E-state index in [1.165, 1.54) is 5.56 Å². The molecule has 0 radical (unpaired) electrons. The number of pyridine rings is 1. The summed E-state index contributed by atoms with van der Waals surface area (Å²) in [6, 6.07) is 4.51. The summed E-state index contributed by atoms with van der Waals surface area (Å²) in [5.74, 6) is 0. The highest BCUT2D eigenvalue weighted by Gasteiger charge is 2.06. The van der Waals surface area contributed by atoms with Crippen molar-refractivity contribution >= 4 is 0 Å². The van der Waals surface area contributed by atoms with Crippen LogP contribution in [-0.2, 0) is 0 Å². The predicted molar refractivity (Wildman–Crippen MR) is 55.5 cm³/mol. The van der Waals surface area contributed by atoms with E-state index >= 15 is 0 Å². The van der Waals surface area contributed by atoms with Crippen molar-refractivity contribution in [3.05, 3.63) is 42.7 Å². The van der Waals surface area contributed by atoms with Crippen molar-refractivity contribution in [1.82, 2.24) is 10.3 Å². The van der Waals surface area contributed by atoms with Gasteiger partial charge in [-0.15, -0.1) is 6.58 Å². The maximum atomic E-state index is 3.99. The fraction of sp³-hybridized carbons (Fsp3) is 0.364. The summed E-state index contributed by atoms with van der Waals surface area (Å²) < 4.78 is 0. The Morgan fingerprint density at radius 2 is 2.23 bits per heavy atom. The maximum Gasteiger partial charge on any atom is 0.0321 e. The van der Waals surface area contributed by atoms with E-state index in [4.69, 9.17) is 0 Å². The monoisotopic (exact) mass is 176 g/mol. The van der Waals surface area contributed by atoms with Crippen molar-refractivity contribution in [2.45, 2.75) is 18.9 Å². The van der Waals surface area contributed by atoms with Crippen molar-refractivity contribution < 1.29 is 0 Å². The minimum atomic E-state index is 0.418. The van der Waals surface area contributed by atoms with E-state index in [2.05, 4.69) is 16.9 Å². The van der Waals surface area contributed by atoms with Crippen LogP contribution in [0.5, 0.6) is 0 Å². The van der Waals surface area contributed by atoms with Crippen LogP contribution in [-0.4, -0.2) is 12.0 Å². The van der Waals surface area contributed by atoms with Crippen LogP contribution in [0.1, 0.15) is 24.4 Å². The van der Waals surface area contributed by atoms with Gasteiger partial charge in [0.15, 0.2) is 0 Å². The van der Waals surface area contributed by atoms with Gasteiger partial charge < -0.3 is 5.32 Å². The Balaban J connectivity index is 2.61. The van der Waals surface area contributed by atoms with Gasteiger partial charge in [-0.25, -0.2) is 0 Å². The molecule has 1 heterocycles. The molecule has 70 valence electrons. The minimum absolute atomic E-state index is 0.418. The van der Waals surface area contributed by atoms with E-state index in [1.807, 2.05) is 37.7 Å². The van der Waals surface area contributed by atoms with Gasteiger partial charge in [-0.05, 0) is 37.6 Å². The average molecular weight is 176 g/mol. The Kier molecular flexibility index (Phi) is 4.19. The zero-order valence-electron chi connectivity index (χ0n) is 8.03. The summed E-state index contributed by atoms with van der Waals surface area (Å²) >= 11 is 0. The Hall–Kier alpha value is -1.15. The summed E-state index contributed by atoms with van der Waals surface area (Å²) in [4.78, 5) is 3.99. The highest BCUT2D eigenvalue weighted by molar-refractivity contribution is 5.14. The second-order valence-corrected chi connectivity index (χ2v) is 2.99. The van der Waals surface area contributed by atoms with E-state index < -0.39 is 0 Å². The highest BCUT2D eigenvalue weighted by atomic mass is 14.9. The molecule has 0 fully saturated rings. The average Bonchev–Trinajstić information content (AvgIpc) is 2.21. The molecule has 0 saturated heterocycles. The van der Waals surface area contributed by atoms with Crippen LogP contribution in [0.15, 0.2) is 37.2 Å². The first-order valence-corrected chi connectivity index (χ1v) is 4.56. The molecule has 0 spiro atoms. The molecule has 2 nitrogen and oxygen atoms in total. The molecule has 0 aliphatic heterocycles. The fourth-order valence-electron chi connectivity index (χ4n) is 1.36. The third kappa shape index (κ3) is 2.99. The lowest BCUT2D eigenvalue weighted by atomic mass is 10.0. The lowest BCUT2D eigenvalue weighted by Gasteiger charge is -2.14. The SMILES string of the molecule is C=CCCC(NC)c1ccncc1. The van der Waals surface area contributed by atoms with Crippen molar-refractivity contribution in [1.29, 1.82) is 0 Å². The Morgan fingerprint density at radius 1 is 1.54 bits per heavy atom. The zero-order chi connectivity index (χ0) is 9.52. The van der Waals surface area contributed by atoms with Gasteiger partial charge in [0.2, 0.25) is 0 Å². The van der Waals surface area contributed by atoms with Crippen molar-refractivity contribution in [3.8, 4) is 0 Å². The fourth-order valence-corrected chi connectivity index (χ4v) is 1.36. The molecular weight excluding hydrogens is 160 g/mol. The largest absolute Gasteiger partial charge is 0.313 e. The molecule has 1 unspecified atom stereocenters. The first kappa shape index (κ1) is 9.93. The van der Waals surface area contributed by atoms with Crippen LogP contribution in [0.4, 0.5) is 0 Å². The number of hydrogen-bond acceptors (Lipinski definition) is 2. The summed E-state index contributed by atoms with van der Waals surface area (Å²) in [5.41, 5.74) is 1.29. The first-order chi connectivity index (χ1) is 6.38. The van der Waals surface area contributed by atoms with E-state index in [9.17, 15) is 0 Å². The molecule has 1 atom stereocenters. The lowest BCUT2D eigenvalue weighted by molar-refractivity contribution is 0.554. The van der Waals surface area contributed by atoms with Crippen LogP contribution in [0.2, 0.25) is 0 Å². The van der Waals surface area contributed by atoms with Crippen molar-refractivity contribution in [3.63, 3.8) is 0 Å². The second-order valence-electron chi connectivity index (χ2n) is 2.99. The Labute approximate surface area is 79.7 Å². The number of nitrogens with zero attached hydrogens (tertiary/aromatic N) is 1. The molecule has 1 N–H and O–H groups in total. The molecule has 1 rings (SSSR count). The van der Waals surface area contributed by atoms with Gasteiger partial charge in [0.1, 0.15) is 0 Å². The van der Waals surface area contributed by atoms with Crippen LogP contribution in [0.25, 0.3) is 0 Å². The van der Waals surface area contributed by atoms with Gasteiger partial charge in [-0.1, -0.05) is 6.08 Å². The molecule has 0 bridgehead atoms. The van der Waals surface area contributed by atoms with E-state index in [0.717, 1.165) is 12.8 Å². The smallest absolute Gasteiger partial charge is 0.0321 e. The molecule has 0 aromatic carbocycles. The molecule has 0 aliphatic rings. The summed E-state index contributed by atoms with van der Waals surface area (Å²) in [7, 11) is 1.98. The van der Waals surface area contributed by atoms with Gasteiger partial charge >= 0.3 is 0 Å². The molecule has 2 heteroatoms. The van der Waals surface area contributed by atoms with E-state index in [1.54, 1.807) is 0 Å². The lowest BCUT2D eigenvalue weighted by Crippen LogP contribution is -2.15. The first-order valence-electron chi connectivity index (χ1n) is 4.56. The molecule has 1 aromatic rings. The Bertz CT molecular complexity index is 244. The maximum absolute atomic E-state index is 3.99. The Morgan fingerprint density at radius 3 is 2.77 bits per heavy atom. The van der Waals surface area contributed by atoms with Gasteiger partial charge in [0.05, 0.1) is 0 Å². The van der Waals surface area contributed by atoms with Crippen molar-refractivity contribution in [2.24, 2.45) is 0 Å². The van der Waals surface area contributed by atoms with Crippen LogP contribution >= 0.6 is 0 Å². The third-order valence-electron chi connectivity index (χ3n) is 2.12. The number of aromatic nitrogens is 1. The molecule has 13 heavy (non-hydrogen) atoms. The summed E-state index contributed by atoms with van der Waals surface area (Å²) in [5, 5.41) is 3.28. The predicted octanol–water partition coefficient (Wildman–Crippen LogP) is 2.31.